The molecule has 0 aromatic carbocycles. The van der Waals surface area contributed by atoms with Gasteiger partial charge < -0.3 is 0 Å². The summed E-state index contributed by atoms with van der Waals surface area (Å²) < 4.78 is 21.2. The van der Waals surface area contributed by atoms with E-state index in [9.17, 15) is 8.42 Å². The van der Waals surface area contributed by atoms with Crippen molar-refractivity contribution in [1.82, 2.24) is 0 Å². The van der Waals surface area contributed by atoms with E-state index in [1.165, 1.54) is 6.26 Å². The van der Waals surface area contributed by atoms with Gasteiger partial charge in [-0.15, -0.1) is 0 Å². The Morgan fingerprint density at radius 3 is 2.20 bits per heavy atom. The number of hydrogen-bond acceptors (Lipinski definition) is 3. The topological polar surface area (TPSA) is 34.1 Å². The van der Waals surface area contributed by atoms with E-state index in [2.05, 4.69) is 13.8 Å². The first kappa shape index (κ1) is 10.3. The molecule has 0 unspecified atom stereocenters. The van der Waals surface area contributed by atoms with Gasteiger partial charge in [-0.3, -0.25) is 0 Å². The molecule has 0 amide bonds. The summed E-state index contributed by atoms with van der Waals surface area (Å²) in [7, 11) is -2.74. The maximum absolute atomic E-state index is 10.6. The number of hydrogen-bond donors (Lipinski definition) is 0. The molecule has 0 heterocycles. The van der Waals surface area contributed by atoms with Crippen molar-refractivity contribution in [2.75, 3.05) is 17.8 Å². The predicted molar refractivity (Wildman–Crippen MR) is 47.3 cm³/mol. The van der Waals surface area contributed by atoms with Gasteiger partial charge in [0.25, 0.3) is 0 Å². The quantitative estimate of drug-likeness (QED) is 0.654. The minimum atomic E-state index is -2.74. The van der Waals surface area contributed by atoms with Gasteiger partial charge in [0.1, 0.15) is 9.84 Å². The number of thioether (sulfide) groups is 1. The normalized spacial score (nSPS) is 12.4. The standard InChI is InChI=1S/C6H14O2S2/c1-6(2)9-4-5-10(3,7)8/h6H,4-5H2,1-3H3. The molecular weight excluding hydrogens is 168 g/mol. The van der Waals surface area contributed by atoms with Crippen LogP contribution >= 0.6 is 11.8 Å². The highest BCUT2D eigenvalue weighted by atomic mass is 32.2. The first-order valence-corrected chi connectivity index (χ1v) is 6.32. The van der Waals surface area contributed by atoms with Crippen LogP contribution < -0.4 is 0 Å². The Kier molecular flexibility index (Phi) is 4.36. The molecule has 0 aliphatic rings. The summed E-state index contributed by atoms with van der Waals surface area (Å²) in [6, 6.07) is 0. The Bertz CT molecular complexity index is 170. The van der Waals surface area contributed by atoms with Crippen LogP contribution in [0.4, 0.5) is 0 Å². The summed E-state index contributed by atoms with van der Waals surface area (Å²) in [5.74, 6) is 1.02. The van der Waals surface area contributed by atoms with Crippen LogP contribution in [0.1, 0.15) is 13.8 Å². The fourth-order valence-corrected chi connectivity index (χ4v) is 2.50. The molecule has 0 aliphatic carbocycles. The smallest absolute Gasteiger partial charge is 0.148 e. The Hall–Kier alpha value is 0.300. The molecule has 0 fully saturated rings. The lowest BCUT2D eigenvalue weighted by atomic mass is 10.6. The van der Waals surface area contributed by atoms with Crippen molar-refractivity contribution in [2.45, 2.75) is 19.1 Å². The van der Waals surface area contributed by atoms with Crippen molar-refractivity contribution in [3.05, 3.63) is 0 Å². The van der Waals surface area contributed by atoms with Gasteiger partial charge in [-0.05, 0) is 5.25 Å². The maximum atomic E-state index is 10.6. The second-order valence-corrected chi connectivity index (χ2v) is 6.49. The van der Waals surface area contributed by atoms with E-state index in [1.54, 1.807) is 11.8 Å². The molecule has 0 rings (SSSR count). The molecule has 0 bridgehead atoms. The van der Waals surface area contributed by atoms with Crippen LogP contribution in [0.25, 0.3) is 0 Å². The van der Waals surface area contributed by atoms with Crippen molar-refractivity contribution in [2.24, 2.45) is 0 Å². The second kappa shape index (κ2) is 4.23. The molecule has 0 N–H and O–H groups in total. The lowest BCUT2D eigenvalue weighted by Crippen LogP contribution is -2.06. The van der Waals surface area contributed by atoms with Crippen LogP contribution in [0, 0.1) is 0 Å². The minimum Gasteiger partial charge on any atom is -0.229 e. The van der Waals surface area contributed by atoms with Crippen LogP contribution in [-0.4, -0.2) is 31.4 Å². The highest BCUT2D eigenvalue weighted by molar-refractivity contribution is 8.01. The second-order valence-electron chi connectivity index (χ2n) is 2.55. The lowest BCUT2D eigenvalue weighted by molar-refractivity contribution is 0.603. The summed E-state index contributed by atoms with van der Waals surface area (Å²) in [6.07, 6.45) is 1.27. The molecule has 0 saturated heterocycles. The van der Waals surface area contributed by atoms with E-state index in [4.69, 9.17) is 0 Å². The summed E-state index contributed by atoms with van der Waals surface area (Å²) in [6.45, 7) is 4.12. The minimum absolute atomic E-state index is 0.301. The molecule has 10 heavy (non-hydrogen) atoms. The first-order chi connectivity index (χ1) is 4.42. The molecule has 2 nitrogen and oxygen atoms in total. The lowest BCUT2D eigenvalue weighted by Gasteiger charge is -2.01. The highest BCUT2D eigenvalue weighted by Gasteiger charge is 2.02. The van der Waals surface area contributed by atoms with Crippen LogP contribution in [0.15, 0.2) is 0 Å². The third kappa shape index (κ3) is 8.30. The van der Waals surface area contributed by atoms with Gasteiger partial charge >= 0.3 is 0 Å². The van der Waals surface area contributed by atoms with Gasteiger partial charge in [0.15, 0.2) is 0 Å². The molecule has 0 aromatic rings. The summed E-state index contributed by atoms with van der Waals surface area (Å²) in [4.78, 5) is 0. The van der Waals surface area contributed by atoms with E-state index >= 15 is 0 Å². The molecule has 0 saturated carbocycles. The molecule has 0 radical (unpaired) electrons. The summed E-state index contributed by atoms with van der Waals surface area (Å²) in [5, 5.41) is 0.529. The molecule has 4 heteroatoms. The average Bonchev–Trinajstić information content (AvgIpc) is 1.59. The molecule has 62 valence electrons. The third-order valence-corrected chi connectivity index (χ3v) is 3.22. The molecule has 0 spiro atoms. The highest BCUT2D eigenvalue weighted by Crippen LogP contribution is 2.08. The zero-order chi connectivity index (χ0) is 8.20. The molecule has 0 atom stereocenters. The van der Waals surface area contributed by atoms with Crippen LogP contribution in [-0.2, 0) is 9.84 Å². The fraction of sp³-hybridized carbons (Fsp3) is 1.00. The largest absolute Gasteiger partial charge is 0.229 e. The maximum Gasteiger partial charge on any atom is 0.148 e. The fourth-order valence-electron chi connectivity index (χ4n) is 0.435. The SMILES string of the molecule is CC(C)SCCS(C)(=O)=O. The van der Waals surface area contributed by atoms with E-state index in [0.717, 1.165) is 5.75 Å². The van der Waals surface area contributed by atoms with Crippen LogP contribution in [0.5, 0.6) is 0 Å². The molecular formula is C6H14O2S2. The molecule has 0 aliphatic heterocycles. The first-order valence-electron chi connectivity index (χ1n) is 3.21. The number of rotatable bonds is 4. The summed E-state index contributed by atoms with van der Waals surface area (Å²) >= 11 is 1.68. The van der Waals surface area contributed by atoms with Crippen molar-refractivity contribution in [3.8, 4) is 0 Å². The predicted octanol–water partition coefficient (Wildman–Crippen LogP) is 1.17. The zero-order valence-corrected chi connectivity index (χ0v) is 8.26. The van der Waals surface area contributed by atoms with Gasteiger partial charge in [-0.1, -0.05) is 13.8 Å². The van der Waals surface area contributed by atoms with E-state index in [1.807, 2.05) is 0 Å². The van der Waals surface area contributed by atoms with Crippen molar-refractivity contribution < 1.29 is 8.42 Å². The van der Waals surface area contributed by atoms with Crippen LogP contribution in [0.2, 0.25) is 0 Å². The number of sulfone groups is 1. The van der Waals surface area contributed by atoms with Gasteiger partial charge in [0, 0.05) is 12.0 Å². The van der Waals surface area contributed by atoms with Crippen molar-refractivity contribution in [1.29, 1.82) is 0 Å². The van der Waals surface area contributed by atoms with Crippen molar-refractivity contribution >= 4 is 21.6 Å². The van der Waals surface area contributed by atoms with E-state index in [-0.39, 0.29) is 0 Å². The van der Waals surface area contributed by atoms with E-state index < -0.39 is 9.84 Å². The van der Waals surface area contributed by atoms with Gasteiger partial charge in [-0.2, -0.15) is 11.8 Å². The van der Waals surface area contributed by atoms with Crippen molar-refractivity contribution in [3.63, 3.8) is 0 Å². The Morgan fingerprint density at radius 2 is 1.90 bits per heavy atom. The summed E-state index contributed by atoms with van der Waals surface area (Å²) in [5.41, 5.74) is 0. The van der Waals surface area contributed by atoms with Gasteiger partial charge in [-0.25, -0.2) is 8.42 Å². The Morgan fingerprint density at radius 1 is 1.40 bits per heavy atom. The molecule has 0 aromatic heterocycles. The Balaban J connectivity index is 3.39. The van der Waals surface area contributed by atoms with Gasteiger partial charge in [0.2, 0.25) is 0 Å². The third-order valence-electron chi connectivity index (χ3n) is 0.905. The zero-order valence-electron chi connectivity index (χ0n) is 6.62. The van der Waals surface area contributed by atoms with Crippen LogP contribution in [0.3, 0.4) is 0 Å². The van der Waals surface area contributed by atoms with Gasteiger partial charge in [0.05, 0.1) is 5.75 Å². The Labute approximate surface area is 67.3 Å². The van der Waals surface area contributed by atoms with E-state index in [0.29, 0.717) is 11.0 Å². The monoisotopic (exact) mass is 182 g/mol. The average molecular weight is 182 g/mol.